The molecule has 7 nitrogen and oxygen atoms in total. The van der Waals surface area contributed by atoms with Gasteiger partial charge >= 0.3 is 0 Å². The van der Waals surface area contributed by atoms with Gasteiger partial charge in [0.2, 0.25) is 0 Å². The molecule has 2 N–H and O–H groups in total. The van der Waals surface area contributed by atoms with E-state index in [1.165, 1.54) is 0 Å². The highest BCUT2D eigenvalue weighted by Crippen LogP contribution is 2.32. The van der Waals surface area contributed by atoms with Crippen LogP contribution in [0.3, 0.4) is 0 Å². The Kier molecular flexibility index (Phi) is 6.28. The first-order valence-corrected chi connectivity index (χ1v) is 10.6. The fourth-order valence-corrected chi connectivity index (χ4v) is 3.83. The van der Waals surface area contributed by atoms with Crippen LogP contribution in [-0.2, 0) is 6.54 Å². The summed E-state index contributed by atoms with van der Waals surface area (Å²) in [7, 11) is 1.59. The van der Waals surface area contributed by atoms with Crippen molar-refractivity contribution in [1.29, 1.82) is 0 Å². The smallest absolute Gasteiger partial charge is 0.260 e. The topological polar surface area (TPSA) is 84.8 Å². The average Bonchev–Trinajstić information content (AvgIpc) is 3.41. The number of nitrogens with one attached hydrogen (secondary N) is 2. The molecule has 2 aromatic heterocycles. The van der Waals surface area contributed by atoms with Gasteiger partial charge in [0.05, 0.1) is 36.8 Å². The van der Waals surface area contributed by atoms with E-state index in [2.05, 4.69) is 20.6 Å². The van der Waals surface area contributed by atoms with Gasteiger partial charge in [-0.05, 0) is 29.7 Å². The third kappa shape index (κ3) is 4.53. The lowest BCUT2D eigenvalue weighted by Gasteiger charge is -2.12. The second kappa shape index (κ2) is 9.28. The summed E-state index contributed by atoms with van der Waals surface area (Å²) < 4.78 is 7.28. The van der Waals surface area contributed by atoms with Crippen molar-refractivity contribution in [1.82, 2.24) is 20.0 Å². The molecule has 164 valence electrons. The summed E-state index contributed by atoms with van der Waals surface area (Å²) in [4.78, 5) is 13.1. The zero-order valence-corrected chi connectivity index (χ0v) is 18.8. The van der Waals surface area contributed by atoms with Gasteiger partial charge < -0.3 is 10.1 Å². The summed E-state index contributed by atoms with van der Waals surface area (Å²) in [6.07, 6.45) is 1.61. The van der Waals surface area contributed by atoms with Crippen molar-refractivity contribution in [3.05, 3.63) is 82.6 Å². The van der Waals surface area contributed by atoms with E-state index in [0.717, 1.165) is 16.8 Å². The van der Waals surface area contributed by atoms with Crippen LogP contribution in [0.25, 0.3) is 11.3 Å². The maximum Gasteiger partial charge on any atom is 0.260 e. The number of methoxy groups -OCH3 is 1. The first-order valence-electron chi connectivity index (χ1n) is 10.3. The fraction of sp³-hybridized carbons (Fsp3) is 0.208. The Balaban J connectivity index is 1.57. The van der Waals surface area contributed by atoms with E-state index in [1.54, 1.807) is 37.6 Å². The van der Waals surface area contributed by atoms with Crippen molar-refractivity contribution in [2.75, 3.05) is 12.4 Å². The van der Waals surface area contributed by atoms with Crippen LogP contribution in [0.1, 0.15) is 41.4 Å². The maximum absolute atomic E-state index is 13.1. The number of H-pyrrole nitrogens is 1. The van der Waals surface area contributed by atoms with Gasteiger partial charge in [0, 0.05) is 16.7 Å². The molecule has 2 heterocycles. The van der Waals surface area contributed by atoms with Crippen LogP contribution >= 0.6 is 11.6 Å². The molecular weight excluding hydrogens is 426 g/mol. The Morgan fingerprint density at radius 3 is 2.69 bits per heavy atom. The van der Waals surface area contributed by atoms with E-state index in [-0.39, 0.29) is 11.8 Å². The standard InChI is InChI=1S/C24H24ClN5O2/c1-15(2)23-19(13-26-30(23)14-16-7-5-4-6-8-16)24(31)27-22-12-20(28-29-22)18-11-17(25)9-10-21(18)32-3/h4-13,15H,14H2,1-3H3,(H2,27,28,29,31). The number of halogens is 1. The van der Waals surface area contributed by atoms with Gasteiger partial charge in [0.1, 0.15) is 5.75 Å². The van der Waals surface area contributed by atoms with Crippen molar-refractivity contribution in [2.24, 2.45) is 0 Å². The molecule has 0 aliphatic carbocycles. The normalized spacial score (nSPS) is 11.0. The summed E-state index contributed by atoms with van der Waals surface area (Å²) >= 11 is 6.13. The summed E-state index contributed by atoms with van der Waals surface area (Å²) in [5, 5.41) is 15.1. The second-order valence-electron chi connectivity index (χ2n) is 7.71. The number of amides is 1. The number of carbonyl (C=O) groups is 1. The number of nitrogens with zero attached hydrogens (tertiary/aromatic N) is 3. The Morgan fingerprint density at radius 2 is 1.97 bits per heavy atom. The van der Waals surface area contributed by atoms with Gasteiger partial charge in [-0.1, -0.05) is 55.8 Å². The number of rotatable bonds is 7. The van der Waals surface area contributed by atoms with Crippen molar-refractivity contribution in [3.8, 4) is 17.0 Å². The first kappa shape index (κ1) is 21.6. The predicted molar refractivity (Wildman–Crippen MR) is 125 cm³/mol. The predicted octanol–water partition coefficient (Wildman–Crippen LogP) is 5.36. The van der Waals surface area contributed by atoms with Gasteiger partial charge in [0.25, 0.3) is 5.91 Å². The highest BCUT2D eigenvalue weighted by Gasteiger charge is 2.21. The van der Waals surface area contributed by atoms with E-state index < -0.39 is 0 Å². The van der Waals surface area contributed by atoms with E-state index in [4.69, 9.17) is 16.3 Å². The van der Waals surface area contributed by atoms with Crippen LogP contribution in [0.5, 0.6) is 5.75 Å². The molecule has 0 radical (unpaired) electrons. The first-order chi connectivity index (χ1) is 15.5. The number of benzene rings is 2. The summed E-state index contributed by atoms with van der Waals surface area (Å²) in [6.45, 7) is 4.70. The second-order valence-corrected chi connectivity index (χ2v) is 8.14. The molecule has 2 aromatic carbocycles. The summed E-state index contributed by atoms with van der Waals surface area (Å²) in [5.41, 5.74) is 3.96. The molecule has 0 aliphatic rings. The molecule has 4 aromatic rings. The molecule has 0 fully saturated rings. The Morgan fingerprint density at radius 1 is 1.19 bits per heavy atom. The molecule has 0 atom stereocenters. The van der Waals surface area contributed by atoms with Crippen molar-refractivity contribution < 1.29 is 9.53 Å². The quantitative estimate of drug-likeness (QED) is 0.397. The average molecular weight is 450 g/mol. The van der Waals surface area contributed by atoms with Crippen LogP contribution in [0.4, 0.5) is 5.82 Å². The number of ether oxygens (including phenoxy) is 1. The highest BCUT2D eigenvalue weighted by molar-refractivity contribution is 6.31. The lowest BCUT2D eigenvalue weighted by Crippen LogP contribution is -2.16. The van der Waals surface area contributed by atoms with Gasteiger partial charge in [-0.15, -0.1) is 0 Å². The molecule has 0 saturated heterocycles. The van der Waals surface area contributed by atoms with Crippen LogP contribution in [0, 0.1) is 0 Å². The van der Waals surface area contributed by atoms with Gasteiger partial charge in [0.15, 0.2) is 5.82 Å². The van der Waals surface area contributed by atoms with Crippen molar-refractivity contribution in [3.63, 3.8) is 0 Å². The zero-order valence-electron chi connectivity index (χ0n) is 18.1. The molecule has 0 bridgehead atoms. The van der Waals surface area contributed by atoms with Gasteiger partial charge in [-0.2, -0.15) is 10.2 Å². The molecule has 1 amide bonds. The zero-order chi connectivity index (χ0) is 22.7. The van der Waals surface area contributed by atoms with Crippen LogP contribution in [0.15, 0.2) is 60.8 Å². The number of carbonyl (C=O) groups excluding carboxylic acids is 1. The SMILES string of the molecule is COc1ccc(Cl)cc1-c1cc(NC(=O)c2cnn(Cc3ccccc3)c2C(C)C)n[nH]1. The molecule has 0 aliphatic heterocycles. The summed E-state index contributed by atoms with van der Waals surface area (Å²) in [5.74, 6) is 0.911. The van der Waals surface area contributed by atoms with E-state index >= 15 is 0 Å². The number of hydrogen-bond acceptors (Lipinski definition) is 4. The number of aromatic amines is 1. The van der Waals surface area contributed by atoms with E-state index in [9.17, 15) is 4.79 Å². The lowest BCUT2D eigenvalue weighted by atomic mass is 10.0. The van der Waals surface area contributed by atoms with E-state index in [0.29, 0.717) is 34.4 Å². The van der Waals surface area contributed by atoms with Crippen molar-refractivity contribution in [2.45, 2.75) is 26.3 Å². The Hall–Kier alpha value is -3.58. The Bertz CT molecular complexity index is 1230. The van der Waals surface area contributed by atoms with Crippen molar-refractivity contribution >= 4 is 23.3 Å². The Labute approximate surface area is 191 Å². The minimum atomic E-state index is -0.260. The van der Waals surface area contributed by atoms with E-state index in [1.807, 2.05) is 48.9 Å². The fourth-order valence-electron chi connectivity index (χ4n) is 3.66. The monoisotopic (exact) mass is 449 g/mol. The third-order valence-electron chi connectivity index (χ3n) is 5.12. The van der Waals surface area contributed by atoms with Gasteiger partial charge in [-0.25, -0.2) is 0 Å². The number of anilines is 1. The molecule has 0 unspecified atom stereocenters. The number of hydrogen-bond donors (Lipinski definition) is 2. The molecule has 0 spiro atoms. The third-order valence-corrected chi connectivity index (χ3v) is 5.35. The molecule has 8 heteroatoms. The van der Waals surface area contributed by atoms with Crippen LogP contribution in [0.2, 0.25) is 5.02 Å². The lowest BCUT2D eigenvalue weighted by molar-refractivity contribution is 0.102. The minimum Gasteiger partial charge on any atom is -0.496 e. The molecule has 32 heavy (non-hydrogen) atoms. The van der Waals surface area contributed by atoms with Gasteiger partial charge in [-0.3, -0.25) is 14.6 Å². The highest BCUT2D eigenvalue weighted by atomic mass is 35.5. The number of aromatic nitrogens is 4. The summed E-state index contributed by atoms with van der Waals surface area (Å²) in [6, 6.07) is 17.1. The molecular formula is C24H24ClN5O2. The van der Waals surface area contributed by atoms with Crippen LogP contribution < -0.4 is 10.1 Å². The molecule has 4 rings (SSSR count). The van der Waals surface area contributed by atoms with Crippen LogP contribution in [-0.4, -0.2) is 33.0 Å². The maximum atomic E-state index is 13.1. The largest absolute Gasteiger partial charge is 0.496 e. The minimum absolute atomic E-state index is 0.118. The molecule has 0 saturated carbocycles.